The zero-order valence-corrected chi connectivity index (χ0v) is 21.7. The molecule has 1 aliphatic rings. The van der Waals surface area contributed by atoms with Crippen molar-refractivity contribution in [2.45, 2.75) is 64.2 Å². The first kappa shape index (κ1) is 29.1. The Kier molecular flexibility index (Phi) is 9.11. The molecule has 0 unspecified atom stereocenters. The van der Waals surface area contributed by atoms with Gasteiger partial charge in [-0.3, -0.25) is 4.79 Å². The van der Waals surface area contributed by atoms with Gasteiger partial charge in [0.25, 0.3) is 5.56 Å². The summed E-state index contributed by atoms with van der Waals surface area (Å²) >= 11 is 0. The fourth-order valence-electron chi connectivity index (χ4n) is 4.80. The van der Waals surface area contributed by atoms with Crippen LogP contribution in [0.5, 0.6) is 0 Å². The van der Waals surface area contributed by atoms with E-state index < -0.39 is 23.8 Å². The van der Waals surface area contributed by atoms with Gasteiger partial charge in [0.05, 0.1) is 24.0 Å². The van der Waals surface area contributed by atoms with Crippen molar-refractivity contribution in [3.63, 3.8) is 0 Å². The van der Waals surface area contributed by atoms with E-state index in [0.29, 0.717) is 10.2 Å². The smallest absolute Gasteiger partial charge is 0.267 e. The molecule has 5 rings (SSSR count). The second kappa shape index (κ2) is 12.5. The summed E-state index contributed by atoms with van der Waals surface area (Å²) in [7, 11) is 0. The maximum Gasteiger partial charge on any atom is 0.416 e. The van der Waals surface area contributed by atoms with E-state index in [4.69, 9.17) is 0 Å². The van der Waals surface area contributed by atoms with Crippen LogP contribution in [0, 0.1) is 12.7 Å². The molecule has 0 N–H and O–H groups in total. The number of rotatable bonds is 5. The molecule has 5 nitrogen and oxygen atoms in total. The zero-order chi connectivity index (χ0) is 28.9. The number of benzene rings is 2. The quantitative estimate of drug-likeness (QED) is 0.234. The van der Waals surface area contributed by atoms with Crippen molar-refractivity contribution >= 4 is 0 Å². The number of nitrogens with zero attached hydrogens (tertiary/aromatic N) is 4. The van der Waals surface area contributed by atoms with Crippen molar-refractivity contribution in [2.24, 2.45) is 0 Å². The number of aromatic nitrogens is 4. The van der Waals surface area contributed by atoms with Crippen LogP contribution < -0.4 is 5.56 Å². The van der Waals surface area contributed by atoms with Gasteiger partial charge in [0, 0.05) is 17.3 Å². The molecule has 0 atom stereocenters. The molecule has 0 aliphatic heterocycles. The average molecular weight is 563 g/mol. The SMILES string of the molecule is Cc1cccc(F)c1.O=c1c(C2CCCCC2)cc(-c2cnn(C(F)F)c2)nn1Cc1ccccc1C(F)(F)F. The lowest BCUT2D eigenvalue weighted by Crippen LogP contribution is -2.30. The molecule has 212 valence electrons. The Balaban J connectivity index is 0.000000398. The van der Waals surface area contributed by atoms with Gasteiger partial charge in [-0.2, -0.15) is 32.1 Å². The van der Waals surface area contributed by atoms with E-state index in [2.05, 4.69) is 10.2 Å². The maximum absolute atomic E-state index is 13.5. The molecule has 40 heavy (non-hydrogen) atoms. The Morgan fingerprint density at radius 2 is 1.73 bits per heavy atom. The summed E-state index contributed by atoms with van der Waals surface area (Å²) in [5.41, 5.74) is 0.503. The van der Waals surface area contributed by atoms with Gasteiger partial charge in [-0.25, -0.2) is 13.8 Å². The Morgan fingerprint density at radius 1 is 1.00 bits per heavy atom. The highest BCUT2D eigenvalue weighted by Gasteiger charge is 2.33. The summed E-state index contributed by atoms with van der Waals surface area (Å²) < 4.78 is 79.9. The second-order valence-electron chi connectivity index (χ2n) is 9.72. The average Bonchev–Trinajstić information content (AvgIpc) is 3.41. The van der Waals surface area contributed by atoms with Gasteiger partial charge in [0.1, 0.15) is 5.82 Å². The predicted octanol–water partition coefficient (Wildman–Crippen LogP) is 7.75. The van der Waals surface area contributed by atoms with Crippen LogP contribution in [0.2, 0.25) is 0 Å². The van der Waals surface area contributed by atoms with E-state index in [9.17, 15) is 31.1 Å². The fourth-order valence-corrected chi connectivity index (χ4v) is 4.80. The summed E-state index contributed by atoms with van der Waals surface area (Å²) in [6, 6.07) is 13.1. The minimum absolute atomic E-state index is 0.0488. The third kappa shape index (κ3) is 7.19. The lowest BCUT2D eigenvalue weighted by Gasteiger charge is -2.22. The Morgan fingerprint density at radius 3 is 2.33 bits per heavy atom. The van der Waals surface area contributed by atoms with Crippen LogP contribution in [0.4, 0.5) is 26.3 Å². The first-order valence-corrected chi connectivity index (χ1v) is 12.8. The normalized spacial score (nSPS) is 14.2. The number of alkyl halides is 5. The van der Waals surface area contributed by atoms with Gasteiger partial charge in [-0.05, 0) is 61.1 Å². The minimum atomic E-state index is -4.58. The maximum atomic E-state index is 13.5. The van der Waals surface area contributed by atoms with E-state index in [1.165, 1.54) is 36.5 Å². The third-order valence-corrected chi connectivity index (χ3v) is 6.77. The Hall–Kier alpha value is -3.89. The van der Waals surface area contributed by atoms with E-state index in [1.54, 1.807) is 12.1 Å². The van der Waals surface area contributed by atoms with Crippen LogP contribution >= 0.6 is 0 Å². The number of halogens is 6. The van der Waals surface area contributed by atoms with E-state index >= 15 is 0 Å². The zero-order valence-electron chi connectivity index (χ0n) is 21.7. The number of aryl methyl sites for hydroxylation is 1. The molecule has 2 heterocycles. The highest BCUT2D eigenvalue weighted by molar-refractivity contribution is 5.57. The largest absolute Gasteiger partial charge is 0.416 e. The second-order valence-corrected chi connectivity index (χ2v) is 9.72. The van der Waals surface area contributed by atoms with Gasteiger partial charge in [-0.15, -0.1) is 0 Å². The summed E-state index contributed by atoms with van der Waals surface area (Å²) in [5, 5.41) is 7.84. The van der Waals surface area contributed by atoms with Gasteiger partial charge in [-0.1, -0.05) is 49.6 Å². The lowest BCUT2D eigenvalue weighted by molar-refractivity contribution is -0.138. The van der Waals surface area contributed by atoms with Crippen molar-refractivity contribution in [3.05, 3.63) is 105 Å². The van der Waals surface area contributed by atoms with Crippen LogP contribution in [0.1, 0.15) is 66.8 Å². The summed E-state index contributed by atoms with van der Waals surface area (Å²) in [6.07, 6.45) is 2.26. The molecule has 0 radical (unpaired) electrons. The number of hydrogen-bond acceptors (Lipinski definition) is 3. The van der Waals surface area contributed by atoms with Crippen molar-refractivity contribution < 1.29 is 26.3 Å². The molecule has 1 saturated carbocycles. The minimum Gasteiger partial charge on any atom is -0.267 e. The van der Waals surface area contributed by atoms with Gasteiger partial charge in [0.15, 0.2) is 0 Å². The van der Waals surface area contributed by atoms with Crippen LogP contribution in [-0.2, 0) is 12.7 Å². The molecule has 0 spiro atoms. The number of hydrogen-bond donors (Lipinski definition) is 0. The molecule has 0 bridgehead atoms. The van der Waals surface area contributed by atoms with Crippen molar-refractivity contribution in [2.75, 3.05) is 0 Å². The predicted molar refractivity (Wildman–Crippen MR) is 138 cm³/mol. The van der Waals surface area contributed by atoms with E-state index in [0.717, 1.165) is 54.6 Å². The fraction of sp³-hybridized carbons (Fsp3) is 0.345. The monoisotopic (exact) mass is 562 g/mol. The summed E-state index contributed by atoms with van der Waals surface area (Å²) in [6.45, 7) is -1.36. The molecular weight excluding hydrogens is 534 g/mol. The lowest BCUT2D eigenvalue weighted by atomic mass is 9.84. The first-order valence-electron chi connectivity index (χ1n) is 12.8. The van der Waals surface area contributed by atoms with Crippen LogP contribution in [0.3, 0.4) is 0 Å². The third-order valence-electron chi connectivity index (χ3n) is 6.77. The van der Waals surface area contributed by atoms with Gasteiger partial charge >= 0.3 is 12.7 Å². The van der Waals surface area contributed by atoms with Crippen molar-refractivity contribution in [3.8, 4) is 11.3 Å². The topological polar surface area (TPSA) is 52.7 Å². The van der Waals surface area contributed by atoms with E-state index in [1.807, 2.05) is 13.0 Å². The summed E-state index contributed by atoms with van der Waals surface area (Å²) in [5.74, 6) is -0.211. The van der Waals surface area contributed by atoms with Crippen LogP contribution in [0.15, 0.2) is 71.8 Å². The molecule has 0 saturated heterocycles. The molecule has 2 aromatic carbocycles. The Bertz CT molecular complexity index is 1470. The van der Waals surface area contributed by atoms with Crippen molar-refractivity contribution in [1.82, 2.24) is 19.6 Å². The van der Waals surface area contributed by atoms with Crippen LogP contribution in [0.25, 0.3) is 11.3 Å². The molecule has 4 aromatic rings. The molecule has 0 amide bonds. The van der Waals surface area contributed by atoms with Gasteiger partial charge < -0.3 is 0 Å². The molecular formula is C29H28F6N4O. The highest BCUT2D eigenvalue weighted by Crippen LogP contribution is 2.34. The van der Waals surface area contributed by atoms with Gasteiger partial charge in [0.2, 0.25) is 0 Å². The van der Waals surface area contributed by atoms with E-state index in [-0.39, 0.29) is 35.1 Å². The standard InChI is InChI=1S/C22H21F5N4O.C7H7F/c23-21(24)31-13-16(11-28-31)19-10-17(14-6-2-1-3-7-14)20(32)30(29-19)12-15-8-4-5-9-18(15)22(25,26)27;1-6-3-2-4-7(8)5-6/h4-5,8-11,13-14,21H,1-3,6-7,12H2;2-5H,1H3. The molecule has 2 aromatic heterocycles. The molecule has 1 fully saturated rings. The first-order chi connectivity index (χ1) is 19.0. The van der Waals surface area contributed by atoms with Crippen molar-refractivity contribution in [1.29, 1.82) is 0 Å². The summed E-state index contributed by atoms with van der Waals surface area (Å²) in [4.78, 5) is 13.2. The highest BCUT2D eigenvalue weighted by atomic mass is 19.4. The van der Waals surface area contributed by atoms with Crippen LogP contribution in [-0.4, -0.2) is 19.6 Å². The molecule has 11 heteroatoms. The molecule has 1 aliphatic carbocycles. The Labute approximate surface area is 227 Å².